The molecule has 5 nitrogen and oxygen atoms in total. The Morgan fingerprint density at radius 1 is 1.47 bits per heavy atom. The first kappa shape index (κ1) is 14.1. The van der Waals surface area contributed by atoms with E-state index in [0.29, 0.717) is 17.1 Å². The van der Waals surface area contributed by atoms with E-state index in [4.69, 9.17) is 23.1 Å². The van der Waals surface area contributed by atoms with Crippen LogP contribution in [0.1, 0.15) is 10.4 Å². The number of rotatable bonds is 3. The maximum absolute atomic E-state index is 11.6. The van der Waals surface area contributed by atoms with Crippen molar-refractivity contribution in [3.05, 3.63) is 28.8 Å². The highest BCUT2D eigenvalue weighted by molar-refractivity contribution is 6.31. The van der Waals surface area contributed by atoms with Crippen molar-refractivity contribution in [2.45, 2.75) is 6.04 Å². The minimum atomic E-state index is -0.466. The van der Waals surface area contributed by atoms with Crippen molar-refractivity contribution in [1.29, 1.82) is 0 Å². The fourth-order valence-electron chi connectivity index (χ4n) is 2.49. The summed E-state index contributed by atoms with van der Waals surface area (Å²) < 4.78 is 0. The summed E-state index contributed by atoms with van der Waals surface area (Å²) in [7, 11) is 2.07. The first-order chi connectivity index (χ1) is 9.02. The molecule has 1 saturated heterocycles. The molecule has 0 spiro atoms. The van der Waals surface area contributed by atoms with Gasteiger partial charge in [0.05, 0.1) is 11.6 Å². The lowest BCUT2D eigenvalue weighted by Gasteiger charge is -2.41. The summed E-state index contributed by atoms with van der Waals surface area (Å²) in [6.07, 6.45) is 0. The van der Waals surface area contributed by atoms with E-state index in [-0.39, 0.29) is 6.04 Å². The summed E-state index contributed by atoms with van der Waals surface area (Å²) in [5, 5.41) is 0.510. The largest absolute Gasteiger partial charge is 0.366 e. The average molecular weight is 283 g/mol. The molecule has 1 fully saturated rings. The summed E-state index contributed by atoms with van der Waals surface area (Å²) in [6.45, 7) is 3.15. The Bertz CT molecular complexity index is 480. The Balaban J connectivity index is 2.37. The zero-order chi connectivity index (χ0) is 14.0. The van der Waals surface area contributed by atoms with Crippen LogP contribution in [0.2, 0.25) is 5.02 Å². The number of nitrogens with zero attached hydrogens (tertiary/aromatic N) is 2. The van der Waals surface area contributed by atoms with Gasteiger partial charge in [0.1, 0.15) is 0 Å². The molecule has 1 heterocycles. The molecule has 0 aliphatic carbocycles. The van der Waals surface area contributed by atoms with Crippen molar-refractivity contribution < 1.29 is 4.79 Å². The number of anilines is 1. The lowest BCUT2D eigenvalue weighted by Crippen LogP contribution is -2.55. The van der Waals surface area contributed by atoms with Gasteiger partial charge in [-0.1, -0.05) is 11.6 Å². The highest BCUT2D eigenvalue weighted by Gasteiger charge is 2.26. The summed E-state index contributed by atoms with van der Waals surface area (Å²) in [5.41, 5.74) is 12.6. The fraction of sp³-hybridized carbons (Fsp3) is 0.462. The van der Waals surface area contributed by atoms with Crippen LogP contribution in [0.4, 0.5) is 5.69 Å². The molecule has 1 atom stereocenters. The maximum atomic E-state index is 11.6. The molecular formula is C13H19ClN4O. The summed E-state index contributed by atoms with van der Waals surface area (Å²) in [5.74, 6) is -0.466. The van der Waals surface area contributed by atoms with Crippen LogP contribution in [0.15, 0.2) is 18.2 Å². The van der Waals surface area contributed by atoms with Crippen LogP contribution >= 0.6 is 11.6 Å². The third kappa shape index (κ3) is 3.00. The van der Waals surface area contributed by atoms with Gasteiger partial charge < -0.3 is 21.3 Å². The van der Waals surface area contributed by atoms with E-state index in [2.05, 4.69) is 16.8 Å². The number of hydrogen-bond donors (Lipinski definition) is 2. The summed E-state index contributed by atoms with van der Waals surface area (Å²) in [4.78, 5) is 16.0. The standard InChI is InChI=1S/C13H19ClN4O/c1-17-4-5-18(10(7-15)8-17)12-3-2-9(14)6-11(12)13(16)19/h2-3,6,10H,4-5,7-8,15H2,1H3,(H2,16,19). The predicted octanol–water partition coefficient (Wildman–Crippen LogP) is 0.518. The number of halogens is 1. The van der Waals surface area contributed by atoms with Gasteiger partial charge in [0.15, 0.2) is 0 Å². The molecule has 104 valence electrons. The minimum absolute atomic E-state index is 0.179. The highest BCUT2D eigenvalue weighted by atomic mass is 35.5. The SMILES string of the molecule is CN1CCN(c2ccc(Cl)cc2C(N)=O)C(CN)C1. The molecule has 1 amide bonds. The number of hydrogen-bond acceptors (Lipinski definition) is 4. The van der Waals surface area contributed by atoms with Crippen molar-refractivity contribution in [1.82, 2.24) is 4.90 Å². The van der Waals surface area contributed by atoms with Crippen LogP contribution in [-0.4, -0.2) is 50.1 Å². The fourth-order valence-corrected chi connectivity index (χ4v) is 2.66. The molecule has 2 rings (SSSR count). The number of likely N-dealkylation sites (N-methyl/N-ethyl adjacent to an activating group) is 1. The Labute approximate surface area is 118 Å². The first-order valence-corrected chi connectivity index (χ1v) is 6.65. The first-order valence-electron chi connectivity index (χ1n) is 6.27. The zero-order valence-corrected chi connectivity index (χ0v) is 11.7. The topological polar surface area (TPSA) is 75.6 Å². The third-order valence-corrected chi connectivity index (χ3v) is 3.73. The second kappa shape index (κ2) is 5.77. The van der Waals surface area contributed by atoms with Gasteiger partial charge in [-0.15, -0.1) is 0 Å². The number of benzene rings is 1. The molecule has 1 aromatic carbocycles. The number of amides is 1. The van der Waals surface area contributed by atoms with Crippen molar-refractivity contribution in [3.63, 3.8) is 0 Å². The van der Waals surface area contributed by atoms with Gasteiger partial charge in [-0.2, -0.15) is 0 Å². The van der Waals surface area contributed by atoms with E-state index >= 15 is 0 Å². The number of primary amides is 1. The Hall–Kier alpha value is -1.30. The minimum Gasteiger partial charge on any atom is -0.366 e. The van der Waals surface area contributed by atoms with E-state index in [1.54, 1.807) is 12.1 Å². The van der Waals surface area contributed by atoms with Crippen LogP contribution in [0, 0.1) is 0 Å². The van der Waals surface area contributed by atoms with Gasteiger partial charge in [0.25, 0.3) is 5.91 Å². The number of carbonyl (C=O) groups excluding carboxylic acids is 1. The highest BCUT2D eigenvalue weighted by Crippen LogP contribution is 2.27. The summed E-state index contributed by atoms with van der Waals surface area (Å²) >= 11 is 5.93. The van der Waals surface area contributed by atoms with E-state index in [9.17, 15) is 4.79 Å². The van der Waals surface area contributed by atoms with Crippen LogP contribution in [0.5, 0.6) is 0 Å². The van der Waals surface area contributed by atoms with Crippen LogP contribution in [0.25, 0.3) is 0 Å². The van der Waals surface area contributed by atoms with Crippen LogP contribution < -0.4 is 16.4 Å². The molecule has 0 bridgehead atoms. The lowest BCUT2D eigenvalue weighted by atomic mass is 10.1. The normalized spacial score (nSPS) is 20.6. The lowest BCUT2D eigenvalue weighted by molar-refractivity contribution is 0.100. The van der Waals surface area contributed by atoms with Gasteiger partial charge in [0, 0.05) is 36.9 Å². The maximum Gasteiger partial charge on any atom is 0.250 e. The quantitative estimate of drug-likeness (QED) is 0.847. The molecule has 1 aliphatic rings. The Morgan fingerprint density at radius 3 is 2.84 bits per heavy atom. The van der Waals surface area contributed by atoms with Crippen molar-refractivity contribution in [2.24, 2.45) is 11.5 Å². The summed E-state index contributed by atoms with van der Waals surface area (Å²) in [6, 6.07) is 5.41. The molecule has 0 radical (unpaired) electrons. The second-order valence-electron chi connectivity index (χ2n) is 4.87. The number of carbonyl (C=O) groups is 1. The van der Waals surface area contributed by atoms with Crippen molar-refractivity contribution in [3.8, 4) is 0 Å². The van der Waals surface area contributed by atoms with Gasteiger partial charge in [-0.05, 0) is 25.2 Å². The molecule has 0 saturated carbocycles. The molecule has 19 heavy (non-hydrogen) atoms. The third-order valence-electron chi connectivity index (χ3n) is 3.49. The molecule has 4 N–H and O–H groups in total. The van der Waals surface area contributed by atoms with Gasteiger partial charge in [0.2, 0.25) is 0 Å². The monoisotopic (exact) mass is 282 g/mol. The average Bonchev–Trinajstić information content (AvgIpc) is 2.38. The molecule has 0 aromatic heterocycles. The Morgan fingerprint density at radius 2 is 2.21 bits per heavy atom. The molecule has 1 aromatic rings. The van der Waals surface area contributed by atoms with Crippen molar-refractivity contribution >= 4 is 23.2 Å². The molecule has 6 heteroatoms. The van der Waals surface area contributed by atoms with E-state index < -0.39 is 5.91 Å². The number of nitrogens with two attached hydrogens (primary N) is 2. The van der Waals surface area contributed by atoms with Crippen LogP contribution in [-0.2, 0) is 0 Å². The molecule has 1 unspecified atom stereocenters. The zero-order valence-electron chi connectivity index (χ0n) is 11.0. The van der Waals surface area contributed by atoms with Gasteiger partial charge >= 0.3 is 0 Å². The van der Waals surface area contributed by atoms with Crippen LogP contribution in [0.3, 0.4) is 0 Å². The molecule has 1 aliphatic heterocycles. The van der Waals surface area contributed by atoms with Gasteiger partial charge in [-0.25, -0.2) is 0 Å². The number of piperazine rings is 1. The van der Waals surface area contributed by atoms with Crippen molar-refractivity contribution in [2.75, 3.05) is 38.1 Å². The Kier molecular flexibility index (Phi) is 4.29. The van der Waals surface area contributed by atoms with E-state index in [1.807, 2.05) is 6.07 Å². The van der Waals surface area contributed by atoms with E-state index in [1.165, 1.54) is 0 Å². The molecular weight excluding hydrogens is 264 g/mol. The smallest absolute Gasteiger partial charge is 0.250 e. The van der Waals surface area contributed by atoms with E-state index in [0.717, 1.165) is 25.3 Å². The second-order valence-corrected chi connectivity index (χ2v) is 5.31. The predicted molar refractivity (Wildman–Crippen MR) is 77.7 cm³/mol. The van der Waals surface area contributed by atoms with Gasteiger partial charge in [-0.3, -0.25) is 4.79 Å².